The number of guanidine groups is 1. The smallest absolute Gasteiger partial charge is 0.325 e. The monoisotopic (exact) mass is 466 g/mol. The number of hydrogen-bond acceptors (Lipinski definition) is 6. The molecular formula is C21H28Cl2N6O2. The van der Waals surface area contributed by atoms with E-state index in [9.17, 15) is 9.59 Å². The van der Waals surface area contributed by atoms with Crippen molar-refractivity contribution in [1.82, 2.24) is 24.9 Å². The molecule has 4 rings (SSSR count). The van der Waals surface area contributed by atoms with Gasteiger partial charge < -0.3 is 14.7 Å². The third-order valence-corrected chi connectivity index (χ3v) is 6.55. The quantitative estimate of drug-likeness (QED) is 0.736. The Kier molecular flexibility index (Phi) is 6.32. The molecule has 0 bridgehead atoms. The van der Waals surface area contributed by atoms with Crippen LogP contribution >= 0.6 is 23.2 Å². The van der Waals surface area contributed by atoms with Crippen LogP contribution in [-0.2, 0) is 11.3 Å². The lowest BCUT2D eigenvalue weighted by molar-refractivity contribution is -0.127. The largest absolute Gasteiger partial charge is 0.340 e. The van der Waals surface area contributed by atoms with Crippen molar-refractivity contribution in [2.24, 2.45) is 10.9 Å². The summed E-state index contributed by atoms with van der Waals surface area (Å²) in [6, 6.07) is 4.73. The van der Waals surface area contributed by atoms with Gasteiger partial charge in [-0.2, -0.15) is 0 Å². The Morgan fingerprint density at radius 1 is 1.16 bits per heavy atom. The van der Waals surface area contributed by atoms with Gasteiger partial charge in [0, 0.05) is 56.4 Å². The number of fused-ring (bicyclic) bond motifs is 1. The zero-order valence-corrected chi connectivity index (χ0v) is 19.5. The molecule has 1 N–H and O–H groups in total. The Morgan fingerprint density at radius 3 is 2.52 bits per heavy atom. The van der Waals surface area contributed by atoms with Gasteiger partial charge in [-0.15, -0.1) is 0 Å². The average molecular weight is 467 g/mol. The fourth-order valence-corrected chi connectivity index (χ4v) is 4.83. The molecule has 8 nitrogen and oxygen atoms in total. The highest BCUT2D eigenvalue weighted by atomic mass is 35.5. The van der Waals surface area contributed by atoms with Crippen LogP contribution < -0.4 is 5.32 Å². The van der Waals surface area contributed by atoms with Crippen LogP contribution in [-0.4, -0.2) is 89.5 Å². The molecule has 2 unspecified atom stereocenters. The van der Waals surface area contributed by atoms with Crippen molar-refractivity contribution in [2.75, 3.05) is 39.8 Å². The van der Waals surface area contributed by atoms with Gasteiger partial charge in [0.25, 0.3) is 5.91 Å². The lowest BCUT2D eigenvalue weighted by Crippen LogP contribution is -2.65. The van der Waals surface area contributed by atoms with Crippen LogP contribution in [0, 0.1) is 5.92 Å². The highest BCUT2D eigenvalue weighted by Gasteiger charge is 2.49. The van der Waals surface area contributed by atoms with E-state index in [2.05, 4.69) is 33.9 Å². The summed E-state index contributed by atoms with van der Waals surface area (Å²) in [7, 11) is 1.69. The average Bonchev–Trinajstić information content (AvgIpc) is 3.08. The van der Waals surface area contributed by atoms with Crippen molar-refractivity contribution in [1.29, 1.82) is 0 Å². The maximum atomic E-state index is 12.6. The number of nitrogens with zero attached hydrogens (tertiary/aromatic N) is 5. The molecule has 10 heteroatoms. The van der Waals surface area contributed by atoms with Gasteiger partial charge in [-0.05, 0) is 23.6 Å². The van der Waals surface area contributed by atoms with E-state index in [0.717, 1.165) is 44.2 Å². The van der Waals surface area contributed by atoms with E-state index >= 15 is 0 Å². The van der Waals surface area contributed by atoms with Gasteiger partial charge in [0.1, 0.15) is 0 Å². The number of nitrogens with one attached hydrogen (secondary N) is 1. The number of aliphatic imine (C=N–C) groups is 1. The topological polar surface area (TPSA) is 71.5 Å². The number of rotatable bonds is 4. The number of amides is 3. The Bertz CT molecular complexity index is 900. The summed E-state index contributed by atoms with van der Waals surface area (Å²) in [6.07, 6.45) is -0.485. The zero-order chi connectivity index (χ0) is 22.3. The summed E-state index contributed by atoms with van der Waals surface area (Å²) in [4.78, 5) is 37.7. The van der Waals surface area contributed by atoms with Crippen LogP contribution in [0.1, 0.15) is 19.4 Å². The number of halogens is 2. The highest BCUT2D eigenvalue weighted by molar-refractivity contribution is 6.35. The standard InChI is InChI=1S/C21H28Cl2N6O2/c1-13(2)11-29-17-18(26(3)21(31)25-19(17)30)24-20(29)28-8-6-27(7-9-28)12-14-4-5-15(22)10-16(14)23/h4-5,10,13,17-18H,6-9,11-12H2,1-3H3,(H,25,30,31). The minimum atomic E-state index is -0.485. The van der Waals surface area contributed by atoms with Crippen molar-refractivity contribution in [3.05, 3.63) is 33.8 Å². The van der Waals surface area contributed by atoms with E-state index in [1.54, 1.807) is 13.1 Å². The first kappa shape index (κ1) is 22.2. The van der Waals surface area contributed by atoms with Crippen LogP contribution in [0.25, 0.3) is 0 Å². The minimum Gasteiger partial charge on any atom is -0.340 e. The molecule has 31 heavy (non-hydrogen) atoms. The molecule has 0 aromatic heterocycles. The van der Waals surface area contributed by atoms with Crippen molar-refractivity contribution in [3.63, 3.8) is 0 Å². The molecule has 2 atom stereocenters. The molecule has 168 valence electrons. The van der Waals surface area contributed by atoms with E-state index < -0.39 is 18.2 Å². The van der Waals surface area contributed by atoms with Gasteiger partial charge in [-0.25, -0.2) is 9.79 Å². The lowest BCUT2D eigenvalue weighted by atomic mass is 10.1. The molecule has 3 aliphatic heterocycles. The first-order valence-electron chi connectivity index (χ1n) is 10.6. The Hall–Kier alpha value is -2.03. The van der Waals surface area contributed by atoms with Crippen molar-refractivity contribution >= 4 is 41.1 Å². The highest BCUT2D eigenvalue weighted by Crippen LogP contribution is 2.27. The molecule has 0 radical (unpaired) electrons. The molecule has 2 fully saturated rings. The molecule has 2 saturated heterocycles. The number of urea groups is 1. The van der Waals surface area contributed by atoms with E-state index in [1.165, 1.54) is 4.90 Å². The fourth-order valence-electron chi connectivity index (χ4n) is 4.36. The Morgan fingerprint density at radius 2 is 1.87 bits per heavy atom. The third-order valence-electron chi connectivity index (χ3n) is 5.96. The third kappa shape index (κ3) is 4.47. The van der Waals surface area contributed by atoms with E-state index in [0.29, 0.717) is 22.5 Å². The molecule has 3 heterocycles. The van der Waals surface area contributed by atoms with Crippen LogP contribution in [0.3, 0.4) is 0 Å². The van der Waals surface area contributed by atoms with E-state index in [4.69, 9.17) is 28.2 Å². The Balaban J connectivity index is 1.47. The van der Waals surface area contributed by atoms with Gasteiger partial charge in [0.2, 0.25) is 0 Å². The van der Waals surface area contributed by atoms with E-state index in [-0.39, 0.29) is 5.91 Å². The van der Waals surface area contributed by atoms with Gasteiger partial charge in [-0.3, -0.25) is 15.0 Å². The molecule has 0 aliphatic carbocycles. The first-order chi connectivity index (χ1) is 14.7. The maximum absolute atomic E-state index is 12.6. The summed E-state index contributed by atoms with van der Waals surface area (Å²) >= 11 is 12.3. The lowest BCUT2D eigenvalue weighted by Gasteiger charge is -2.41. The number of piperazine rings is 1. The van der Waals surface area contributed by atoms with Crippen molar-refractivity contribution in [3.8, 4) is 0 Å². The summed E-state index contributed by atoms with van der Waals surface area (Å²) in [5.74, 6) is 0.890. The first-order valence-corrected chi connectivity index (χ1v) is 11.3. The van der Waals surface area contributed by atoms with Gasteiger partial charge in [0.05, 0.1) is 0 Å². The van der Waals surface area contributed by atoms with Crippen LogP contribution in [0.15, 0.2) is 23.2 Å². The normalized spacial score (nSPS) is 24.6. The van der Waals surface area contributed by atoms with Gasteiger partial charge in [-0.1, -0.05) is 43.1 Å². The maximum Gasteiger partial charge on any atom is 0.325 e. The molecule has 0 spiro atoms. The van der Waals surface area contributed by atoms with Gasteiger partial charge in [0.15, 0.2) is 18.2 Å². The summed E-state index contributed by atoms with van der Waals surface area (Å²) in [5, 5.41) is 3.77. The second-order valence-corrected chi connectivity index (χ2v) is 9.58. The van der Waals surface area contributed by atoms with Crippen LogP contribution in [0.5, 0.6) is 0 Å². The number of hydrogen-bond donors (Lipinski definition) is 1. The van der Waals surface area contributed by atoms with Crippen LogP contribution in [0.2, 0.25) is 10.0 Å². The summed E-state index contributed by atoms with van der Waals surface area (Å²) in [6.45, 7) is 8.98. The molecule has 3 amide bonds. The van der Waals surface area contributed by atoms with E-state index in [1.807, 2.05) is 12.1 Å². The molecule has 0 saturated carbocycles. The predicted octanol–water partition coefficient (Wildman–Crippen LogP) is 2.31. The second kappa shape index (κ2) is 8.84. The molecular weight excluding hydrogens is 439 g/mol. The zero-order valence-electron chi connectivity index (χ0n) is 18.0. The number of likely N-dealkylation sites (N-methyl/N-ethyl adjacent to an activating group) is 1. The SMILES string of the molecule is CC(C)CN1C(N2CCN(Cc3ccc(Cl)cc3Cl)CC2)=NC2C1C(=O)NC(=O)N2C. The summed E-state index contributed by atoms with van der Waals surface area (Å²) < 4.78 is 0. The summed E-state index contributed by atoms with van der Waals surface area (Å²) in [5.41, 5.74) is 1.06. The number of carbonyl (C=O) groups is 2. The number of imide groups is 1. The van der Waals surface area contributed by atoms with Crippen molar-refractivity contribution in [2.45, 2.75) is 32.6 Å². The molecule has 1 aromatic carbocycles. The van der Waals surface area contributed by atoms with Crippen LogP contribution in [0.4, 0.5) is 4.79 Å². The van der Waals surface area contributed by atoms with Gasteiger partial charge >= 0.3 is 6.03 Å². The fraction of sp³-hybridized carbons (Fsp3) is 0.571. The molecule has 3 aliphatic rings. The second-order valence-electron chi connectivity index (χ2n) is 8.74. The van der Waals surface area contributed by atoms with Crippen molar-refractivity contribution < 1.29 is 9.59 Å². The Labute approximate surface area is 192 Å². The number of carbonyl (C=O) groups excluding carboxylic acids is 2. The predicted molar refractivity (Wildman–Crippen MR) is 121 cm³/mol. The minimum absolute atomic E-state index is 0.275. The number of benzene rings is 1. The molecule has 1 aromatic rings.